The van der Waals surface area contributed by atoms with E-state index in [9.17, 15) is 4.79 Å². The number of amides is 1. The molecule has 0 spiro atoms. The number of benzene rings is 1. The largest absolute Gasteiger partial charge is 0.363 e. The molecule has 2 N–H and O–H groups in total. The maximum absolute atomic E-state index is 12.3. The Labute approximate surface area is 156 Å². The Bertz CT molecular complexity index is 728. The van der Waals surface area contributed by atoms with Crippen LogP contribution >= 0.6 is 23.1 Å². The highest BCUT2D eigenvalue weighted by Gasteiger charge is 2.15. The van der Waals surface area contributed by atoms with Crippen molar-refractivity contribution in [1.82, 2.24) is 15.1 Å². The van der Waals surface area contributed by atoms with Gasteiger partial charge in [0.1, 0.15) is 5.01 Å². The predicted molar refractivity (Wildman–Crippen MR) is 106 cm³/mol. The van der Waals surface area contributed by atoms with Gasteiger partial charge in [-0.05, 0) is 24.1 Å². The van der Waals surface area contributed by atoms with Crippen LogP contribution in [0.2, 0.25) is 0 Å². The molecular formula is C17H23N5OS2. The Kier molecular flexibility index (Phi) is 6.28. The van der Waals surface area contributed by atoms with E-state index < -0.39 is 0 Å². The number of aromatic nitrogens is 2. The van der Waals surface area contributed by atoms with Gasteiger partial charge < -0.3 is 10.6 Å². The van der Waals surface area contributed by atoms with Crippen LogP contribution in [0.25, 0.3) is 0 Å². The molecule has 6 nitrogen and oxygen atoms in total. The summed E-state index contributed by atoms with van der Waals surface area (Å²) < 4.78 is 0. The van der Waals surface area contributed by atoms with E-state index in [0.29, 0.717) is 5.01 Å². The van der Waals surface area contributed by atoms with Crippen LogP contribution in [0.5, 0.6) is 0 Å². The van der Waals surface area contributed by atoms with Crippen molar-refractivity contribution in [2.45, 2.75) is 19.9 Å². The fourth-order valence-corrected chi connectivity index (χ4v) is 4.42. The molecule has 0 atom stereocenters. The molecule has 3 rings (SSSR count). The van der Waals surface area contributed by atoms with Gasteiger partial charge in [-0.3, -0.25) is 9.69 Å². The predicted octanol–water partition coefficient (Wildman–Crippen LogP) is 2.62. The Morgan fingerprint density at radius 2 is 2.08 bits per heavy atom. The number of thioether (sulfide) groups is 1. The fourth-order valence-electron chi connectivity index (χ4n) is 2.75. The number of nitrogens with zero attached hydrogens (tertiary/aromatic N) is 3. The Morgan fingerprint density at radius 1 is 1.28 bits per heavy atom. The first-order valence-corrected chi connectivity index (χ1v) is 10.3. The number of hydrogen-bond acceptors (Lipinski definition) is 7. The molecule has 1 aliphatic rings. The van der Waals surface area contributed by atoms with Crippen LogP contribution in [0, 0.1) is 6.92 Å². The summed E-state index contributed by atoms with van der Waals surface area (Å²) in [6.07, 6.45) is 0.242. The van der Waals surface area contributed by atoms with Gasteiger partial charge in [-0.2, -0.15) is 11.8 Å². The topological polar surface area (TPSA) is 70.1 Å². The minimum atomic E-state index is -0.0616. The molecule has 0 aliphatic carbocycles. The van der Waals surface area contributed by atoms with Crippen molar-refractivity contribution in [1.29, 1.82) is 0 Å². The highest BCUT2D eigenvalue weighted by molar-refractivity contribution is 7.99. The third-order valence-corrected chi connectivity index (χ3v) is 6.09. The fraction of sp³-hybridized carbons (Fsp3) is 0.471. The molecule has 2 aromatic rings. The third-order valence-electron chi connectivity index (χ3n) is 4.21. The monoisotopic (exact) mass is 377 g/mol. The number of carbonyl (C=O) groups is 1. The lowest BCUT2D eigenvalue weighted by Crippen LogP contribution is -2.32. The van der Waals surface area contributed by atoms with Gasteiger partial charge in [0.05, 0.1) is 6.42 Å². The summed E-state index contributed by atoms with van der Waals surface area (Å²) in [6, 6.07) is 6.12. The first kappa shape index (κ1) is 18.2. The van der Waals surface area contributed by atoms with Crippen molar-refractivity contribution >= 4 is 39.8 Å². The second kappa shape index (κ2) is 8.64. The summed E-state index contributed by atoms with van der Waals surface area (Å²) in [4.78, 5) is 14.8. The highest BCUT2D eigenvalue weighted by Crippen LogP contribution is 2.22. The summed E-state index contributed by atoms with van der Waals surface area (Å²) >= 11 is 3.42. The summed E-state index contributed by atoms with van der Waals surface area (Å²) in [6.45, 7) is 5.28. The van der Waals surface area contributed by atoms with Gasteiger partial charge in [0.2, 0.25) is 11.0 Å². The summed E-state index contributed by atoms with van der Waals surface area (Å²) in [5.41, 5.74) is 3.30. The second-order valence-electron chi connectivity index (χ2n) is 5.95. The molecule has 0 radical (unpaired) electrons. The zero-order valence-electron chi connectivity index (χ0n) is 14.5. The van der Waals surface area contributed by atoms with Crippen molar-refractivity contribution in [3.8, 4) is 0 Å². The molecule has 0 bridgehead atoms. The highest BCUT2D eigenvalue weighted by atomic mass is 32.2. The molecule has 1 aromatic heterocycles. The van der Waals surface area contributed by atoms with Crippen LogP contribution in [0.3, 0.4) is 0 Å². The lowest BCUT2D eigenvalue weighted by molar-refractivity contribution is -0.115. The van der Waals surface area contributed by atoms with Crippen LogP contribution in [0.15, 0.2) is 18.2 Å². The van der Waals surface area contributed by atoms with Crippen molar-refractivity contribution < 1.29 is 4.79 Å². The second-order valence-corrected chi connectivity index (χ2v) is 8.24. The smallest absolute Gasteiger partial charge is 0.231 e. The lowest BCUT2D eigenvalue weighted by Gasteiger charge is -2.27. The molecule has 1 aromatic carbocycles. The van der Waals surface area contributed by atoms with Gasteiger partial charge in [-0.1, -0.05) is 23.5 Å². The van der Waals surface area contributed by atoms with Gasteiger partial charge in [-0.25, -0.2) is 0 Å². The van der Waals surface area contributed by atoms with Gasteiger partial charge in [0.15, 0.2) is 0 Å². The first-order chi connectivity index (χ1) is 12.2. The van der Waals surface area contributed by atoms with Crippen molar-refractivity contribution in [3.05, 3.63) is 34.3 Å². The Balaban J connectivity index is 1.63. The summed E-state index contributed by atoms with van der Waals surface area (Å²) in [7, 11) is 1.79. The molecule has 2 heterocycles. The van der Waals surface area contributed by atoms with Crippen LogP contribution < -0.4 is 10.6 Å². The van der Waals surface area contributed by atoms with Gasteiger partial charge >= 0.3 is 0 Å². The van der Waals surface area contributed by atoms with Crippen molar-refractivity contribution in [3.63, 3.8) is 0 Å². The van der Waals surface area contributed by atoms with Crippen molar-refractivity contribution in [2.24, 2.45) is 0 Å². The van der Waals surface area contributed by atoms with Gasteiger partial charge in [-0.15, -0.1) is 10.2 Å². The number of hydrogen-bond donors (Lipinski definition) is 2. The van der Waals surface area contributed by atoms with Crippen LogP contribution in [0.4, 0.5) is 10.8 Å². The molecule has 0 unspecified atom stereocenters. The normalized spacial score (nSPS) is 15.1. The van der Waals surface area contributed by atoms with Gasteiger partial charge in [0, 0.05) is 43.9 Å². The molecule has 134 valence electrons. The van der Waals surface area contributed by atoms with E-state index in [1.165, 1.54) is 28.4 Å². The molecule has 25 heavy (non-hydrogen) atoms. The van der Waals surface area contributed by atoms with Crippen LogP contribution in [-0.2, 0) is 17.8 Å². The molecule has 0 saturated carbocycles. The maximum Gasteiger partial charge on any atom is 0.231 e. The standard InChI is InChI=1S/C17H23N5OS2/c1-12-13(11-22-6-8-24-9-7-22)4-3-5-14(12)19-15(23)10-16-20-21-17(18-2)25-16/h3-5H,6-11H2,1-2H3,(H,18,21)(H,19,23). The van der Waals surface area contributed by atoms with E-state index in [4.69, 9.17) is 0 Å². The molecular weight excluding hydrogens is 354 g/mol. The lowest BCUT2D eigenvalue weighted by atomic mass is 10.1. The number of nitrogens with one attached hydrogen (secondary N) is 2. The number of anilines is 2. The molecule has 1 aliphatic heterocycles. The quantitative estimate of drug-likeness (QED) is 0.806. The third kappa shape index (κ3) is 4.93. The van der Waals surface area contributed by atoms with E-state index >= 15 is 0 Å². The molecule has 1 fully saturated rings. The van der Waals surface area contributed by atoms with Crippen LogP contribution in [0.1, 0.15) is 16.1 Å². The zero-order chi connectivity index (χ0) is 17.6. The average molecular weight is 378 g/mol. The SMILES string of the molecule is CNc1nnc(CC(=O)Nc2cccc(CN3CCSCC3)c2C)s1. The Hall–Kier alpha value is -1.64. The summed E-state index contributed by atoms with van der Waals surface area (Å²) in [5.74, 6) is 2.34. The van der Waals surface area contributed by atoms with E-state index in [1.54, 1.807) is 7.05 Å². The van der Waals surface area contributed by atoms with E-state index in [0.717, 1.165) is 36.0 Å². The molecule has 1 amide bonds. The van der Waals surface area contributed by atoms with E-state index in [2.05, 4.69) is 38.7 Å². The maximum atomic E-state index is 12.3. The van der Waals surface area contributed by atoms with Gasteiger partial charge in [0.25, 0.3) is 0 Å². The van der Waals surface area contributed by atoms with E-state index in [1.807, 2.05) is 23.9 Å². The summed E-state index contributed by atoms with van der Waals surface area (Å²) in [5, 5.41) is 15.4. The zero-order valence-corrected chi connectivity index (χ0v) is 16.2. The average Bonchev–Trinajstić information content (AvgIpc) is 3.07. The minimum Gasteiger partial charge on any atom is -0.363 e. The van der Waals surface area contributed by atoms with E-state index in [-0.39, 0.29) is 12.3 Å². The molecule has 8 heteroatoms. The minimum absolute atomic E-state index is 0.0616. The number of carbonyl (C=O) groups excluding carboxylic acids is 1. The van der Waals surface area contributed by atoms with Crippen molar-refractivity contribution in [2.75, 3.05) is 42.3 Å². The first-order valence-electron chi connectivity index (χ1n) is 8.34. The van der Waals surface area contributed by atoms with Crippen LogP contribution in [-0.4, -0.2) is 52.6 Å². The number of rotatable bonds is 6. The Morgan fingerprint density at radius 3 is 2.80 bits per heavy atom. The molecule has 1 saturated heterocycles.